The van der Waals surface area contributed by atoms with Crippen LogP contribution in [0.1, 0.15) is 24.8 Å². The molecule has 4 nitrogen and oxygen atoms in total. The molecule has 1 saturated carbocycles. The number of Topliss-reactive ketones (excluding diaryl/α,β-unsaturated/α-hetero) is 1. The van der Waals surface area contributed by atoms with Gasteiger partial charge in [-0.2, -0.15) is 0 Å². The van der Waals surface area contributed by atoms with Gasteiger partial charge in [0.1, 0.15) is 0 Å². The van der Waals surface area contributed by atoms with Gasteiger partial charge in [-0.15, -0.1) is 0 Å². The number of pyridine rings is 1. The van der Waals surface area contributed by atoms with Crippen LogP contribution in [0.2, 0.25) is 0 Å². The lowest BCUT2D eigenvalue weighted by Gasteiger charge is -2.34. The number of carbonyl (C=O) groups is 2. The summed E-state index contributed by atoms with van der Waals surface area (Å²) in [4.78, 5) is 27.0. The number of aromatic nitrogens is 1. The molecule has 0 aromatic carbocycles. The molecule has 1 heterocycles. The van der Waals surface area contributed by atoms with Crippen LogP contribution in [0.4, 0.5) is 8.78 Å². The van der Waals surface area contributed by atoms with E-state index in [1.165, 1.54) is 0 Å². The molecule has 0 spiro atoms. The van der Waals surface area contributed by atoms with Gasteiger partial charge in [-0.05, 0) is 23.6 Å². The van der Waals surface area contributed by atoms with Crippen molar-refractivity contribution in [1.29, 1.82) is 0 Å². The Kier molecular flexibility index (Phi) is 4.42. The van der Waals surface area contributed by atoms with Crippen molar-refractivity contribution in [2.75, 3.05) is 6.54 Å². The van der Waals surface area contributed by atoms with Crippen LogP contribution in [0.3, 0.4) is 0 Å². The molecule has 1 fully saturated rings. The summed E-state index contributed by atoms with van der Waals surface area (Å²) in [6, 6.07) is 3.46. The molecule has 2 rings (SSSR count). The van der Waals surface area contributed by atoms with Gasteiger partial charge in [-0.25, -0.2) is 8.78 Å². The largest absolute Gasteiger partial charge is 0.349 e. The normalized spacial score (nSPS) is 17.3. The summed E-state index contributed by atoms with van der Waals surface area (Å²) in [5.41, 5.74) is 0.831. The molecule has 0 radical (unpaired) electrons. The van der Waals surface area contributed by atoms with Crippen LogP contribution in [-0.4, -0.2) is 29.1 Å². The van der Waals surface area contributed by atoms with Crippen molar-refractivity contribution in [1.82, 2.24) is 10.3 Å². The third kappa shape index (κ3) is 4.36. The van der Waals surface area contributed by atoms with Gasteiger partial charge in [-0.3, -0.25) is 14.6 Å². The maximum absolute atomic E-state index is 12.6. The molecule has 108 valence electrons. The van der Waals surface area contributed by atoms with E-state index in [0.29, 0.717) is 0 Å². The lowest BCUT2D eigenvalue weighted by atomic mass is 9.79. The summed E-state index contributed by atoms with van der Waals surface area (Å²) in [6.07, 6.45) is 3.02. The second-order valence-electron chi connectivity index (χ2n) is 5.18. The van der Waals surface area contributed by atoms with Crippen LogP contribution in [0, 0.1) is 5.92 Å². The van der Waals surface area contributed by atoms with Crippen molar-refractivity contribution in [3.63, 3.8) is 0 Å². The minimum atomic E-state index is -2.61. The first kappa shape index (κ1) is 14.6. The fourth-order valence-electron chi connectivity index (χ4n) is 2.25. The van der Waals surface area contributed by atoms with Crippen molar-refractivity contribution in [3.05, 3.63) is 30.1 Å². The van der Waals surface area contributed by atoms with Gasteiger partial charge in [-0.1, -0.05) is 0 Å². The minimum Gasteiger partial charge on any atom is -0.349 e. The number of hydrogen-bond acceptors (Lipinski definition) is 3. The zero-order valence-electron chi connectivity index (χ0n) is 10.9. The number of amides is 1. The SMILES string of the molecule is O=C(CNC(=O)CC1CC(F)(F)C1)Cc1ccncc1. The molecule has 0 unspecified atom stereocenters. The van der Waals surface area contributed by atoms with E-state index in [2.05, 4.69) is 10.3 Å². The maximum atomic E-state index is 12.6. The maximum Gasteiger partial charge on any atom is 0.248 e. The summed E-state index contributed by atoms with van der Waals surface area (Å²) in [7, 11) is 0. The zero-order valence-corrected chi connectivity index (χ0v) is 10.9. The highest BCUT2D eigenvalue weighted by molar-refractivity contribution is 5.87. The molecule has 1 aromatic rings. The van der Waals surface area contributed by atoms with Crippen LogP contribution < -0.4 is 5.32 Å². The molecule has 1 aliphatic rings. The lowest BCUT2D eigenvalue weighted by Crippen LogP contribution is -2.39. The predicted octanol–water partition coefficient (Wildman–Crippen LogP) is 1.74. The molecule has 1 aromatic heterocycles. The summed E-state index contributed by atoms with van der Waals surface area (Å²) in [6.45, 7) is -0.0652. The number of nitrogens with one attached hydrogen (secondary N) is 1. The summed E-state index contributed by atoms with van der Waals surface area (Å²) < 4.78 is 25.2. The molecule has 0 aliphatic heterocycles. The molecule has 1 N–H and O–H groups in total. The van der Waals surface area contributed by atoms with Crippen molar-refractivity contribution < 1.29 is 18.4 Å². The second-order valence-corrected chi connectivity index (χ2v) is 5.18. The molecule has 1 amide bonds. The Hall–Kier alpha value is -1.85. The van der Waals surface area contributed by atoms with Gasteiger partial charge < -0.3 is 5.32 Å². The molecular weight excluding hydrogens is 266 g/mol. The molecule has 0 atom stereocenters. The highest BCUT2D eigenvalue weighted by Gasteiger charge is 2.45. The number of halogens is 2. The first-order valence-electron chi connectivity index (χ1n) is 6.50. The van der Waals surface area contributed by atoms with Gasteiger partial charge >= 0.3 is 0 Å². The standard InChI is InChI=1S/C14H16F2N2O2/c15-14(16)7-11(8-14)6-13(20)18-9-12(19)5-10-1-3-17-4-2-10/h1-4,11H,5-9H2,(H,18,20). The summed E-state index contributed by atoms with van der Waals surface area (Å²) >= 11 is 0. The number of carbonyl (C=O) groups excluding carboxylic acids is 2. The lowest BCUT2D eigenvalue weighted by molar-refractivity contribution is -0.135. The minimum absolute atomic E-state index is 0.0652. The Labute approximate surface area is 115 Å². The number of ketones is 1. The number of rotatable bonds is 6. The predicted molar refractivity (Wildman–Crippen MR) is 68.2 cm³/mol. The average Bonchev–Trinajstić information content (AvgIpc) is 2.35. The summed E-state index contributed by atoms with van der Waals surface area (Å²) in [5.74, 6) is -3.33. The van der Waals surface area contributed by atoms with Gasteiger partial charge in [0.15, 0.2) is 5.78 Å². The van der Waals surface area contributed by atoms with Crippen LogP contribution in [0.5, 0.6) is 0 Å². The van der Waals surface area contributed by atoms with Crippen molar-refractivity contribution in [2.45, 2.75) is 31.6 Å². The Morgan fingerprint density at radius 2 is 1.95 bits per heavy atom. The Bertz CT molecular complexity index is 483. The molecule has 1 aliphatic carbocycles. The third-order valence-electron chi connectivity index (χ3n) is 3.28. The van der Waals surface area contributed by atoms with E-state index in [1.807, 2.05) is 0 Å². The van der Waals surface area contributed by atoms with E-state index < -0.39 is 5.92 Å². The molecule has 20 heavy (non-hydrogen) atoms. The van der Waals surface area contributed by atoms with Gasteiger partial charge in [0.05, 0.1) is 6.54 Å². The smallest absolute Gasteiger partial charge is 0.248 e. The molecule has 6 heteroatoms. The quantitative estimate of drug-likeness (QED) is 0.864. The van der Waals surface area contributed by atoms with Crippen LogP contribution in [0.25, 0.3) is 0 Å². The molecule has 0 bridgehead atoms. The third-order valence-corrected chi connectivity index (χ3v) is 3.28. The average molecular weight is 282 g/mol. The molecule has 0 saturated heterocycles. The first-order valence-corrected chi connectivity index (χ1v) is 6.50. The second kappa shape index (κ2) is 6.07. The Morgan fingerprint density at radius 1 is 1.30 bits per heavy atom. The van der Waals surface area contributed by atoms with Gasteiger partial charge in [0.2, 0.25) is 11.8 Å². The fraction of sp³-hybridized carbons (Fsp3) is 0.500. The van der Waals surface area contributed by atoms with E-state index in [0.717, 1.165) is 5.56 Å². The fourth-order valence-corrected chi connectivity index (χ4v) is 2.25. The van der Waals surface area contributed by atoms with E-state index in [-0.39, 0.29) is 49.8 Å². The number of alkyl halides is 2. The van der Waals surface area contributed by atoms with Crippen molar-refractivity contribution >= 4 is 11.7 Å². The van der Waals surface area contributed by atoms with Gasteiger partial charge in [0.25, 0.3) is 0 Å². The van der Waals surface area contributed by atoms with E-state index in [1.54, 1.807) is 24.5 Å². The topological polar surface area (TPSA) is 59.1 Å². The number of nitrogens with zero attached hydrogens (tertiary/aromatic N) is 1. The summed E-state index contributed by atoms with van der Waals surface area (Å²) in [5, 5.41) is 2.48. The van der Waals surface area contributed by atoms with E-state index >= 15 is 0 Å². The first-order chi connectivity index (χ1) is 9.44. The highest BCUT2D eigenvalue weighted by Crippen LogP contribution is 2.43. The van der Waals surface area contributed by atoms with Crippen molar-refractivity contribution in [2.24, 2.45) is 5.92 Å². The highest BCUT2D eigenvalue weighted by atomic mass is 19.3. The van der Waals surface area contributed by atoms with E-state index in [9.17, 15) is 18.4 Å². The van der Waals surface area contributed by atoms with Crippen LogP contribution >= 0.6 is 0 Å². The number of hydrogen-bond donors (Lipinski definition) is 1. The van der Waals surface area contributed by atoms with Crippen LogP contribution in [-0.2, 0) is 16.0 Å². The van der Waals surface area contributed by atoms with Crippen molar-refractivity contribution in [3.8, 4) is 0 Å². The van der Waals surface area contributed by atoms with Gasteiger partial charge in [0, 0.05) is 38.1 Å². The molecular formula is C14H16F2N2O2. The van der Waals surface area contributed by atoms with Crippen LogP contribution in [0.15, 0.2) is 24.5 Å². The Morgan fingerprint density at radius 3 is 2.55 bits per heavy atom. The van der Waals surface area contributed by atoms with E-state index in [4.69, 9.17) is 0 Å². The zero-order chi connectivity index (χ0) is 14.6. The Balaban J connectivity index is 1.65. The monoisotopic (exact) mass is 282 g/mol.